The Labute approximate surface area is 184 Å². The zero-order chi connectivity index (χ0) is 21.8. The van der Waals surface area contributed by atoms with Crippen LogP contribution in [0.25, 0.3) is 5.78 Å². The number of nitrogens with zero attached hydrogens (tertiary/aromatic N) is 4. The van der Waals surface area contributed by atoms with Gasteiger partial charge in [0, 0.05) is 27.4 Å². The summed E-state index contributed by atoms with van der Waals surface area (Å²) in [7, 11) is 1.60. The summed E-state index contributed by atoms with van der Waals surface area (Å²) < 4.78 is 6.93. The van der Waals surface area contributed by atoms with Gasteiger partial charge in [0.15, 0.2) is 0 Å². The van der Waals surface area contributed by atoms with Crippen LogP contribution in [0.15, 0.2) is 64.8 Å². The molecule has 4 aromatic rings. The fourth-order valence-electron chi connectivity index (χ4n) is 3.26. The van der Waals surface area contributed by atoms with Gasteiger partial charge in [-0.2, -0.15) is 14.6 Å². The Balaban J connectivity index is 1.53. The zero-order valence-corrected chi connectivity index (χ0v) is 18.4. The molecule has 0 atom stereocenters. The number of carbonyl (C=O) groups excluding carboxylic acids is 1. The van der Waals surface area contributed by atoms with Gasteiger partial charge in [0.1, 0.15) is 17.1 Å². The summed E-state index contributed by atoms with van der Waals surface area (Å²) in [4.78, 5) is 22.3. The van der Waals surface area contributed by atoms with Crippen molar-refractivity contribution in [1.29, 1.82) is 0 Å². The Morgan fingerprint density at radius 1 is 1.13 bits per heavy atom. The Morgan fingerprint density at radius 3 is 2.55 bits per heavy atom. The third-order valence-corrected chi connectivity index (χ3v) is 5.98. The number of ether oxygens (including phenoxy) is 1. The van der Waals surface area contributed by atoms with Crippen molar-refractivity contribution in [2.75, 3.05) is 12.4 Å². The van der Waals surface area contributed by atoms with Gasteiger partial charge in [0.05, 0.1) is 7.11 Å². The van der Waals surface area contributed by atoms with Gasteiger partial charge in [-0.15, -0.1) is 0 Å². The van der Waals surface area contributed by atoms with Crippen LogP contribution in [0.5, 0.6) is 5.75 Å². The van der Waals surface area contributed by atoms with Crippen molar-refractivity contribution in [3.63, 3.8) is 0 Å². The van der Waals surface area contributed by atoms with E-state index in [9.17, 15) is 4.79 Å². The van der Waals surface area contributed by atoms with Crippen LogP contribution in [0.3, 0.4) is 0 Å². The van der Waals surface area contributed by atoms with Crippen LogP contribution in [0.4, 0.5) is 5.69 Å². The van der Waals surface area contributed by atoms with Gasteiger partial charge in [-0.25, -0.2) is 4.98 Å². The Hall–Kier alpha value is -3.39. The normalized spacial score (nSPS) is 10.9. The maximum atomic E-state index is 12.5. The van der Waals surface area contributed by atoms with E-state index in [1.807, 2.05) is 31.2 Å². The molecule has 31 heavy (non-hydrogen) atoms. The summed E-state index contributed by atoms with van der Waals surface area (Å²) in [5.74, 6) is 1.15. The van der Waals surface area contributed by atoms with E-state index in [1.165, 1.54) is 11.9 Å². The molecule has 1 N–H and O–H groups in total. The molecule has 8 heteroatoms. The molecule has 0 unspecified atom stereocenters. The maximum absolute atomic E-state index is 12.5. The number of nitrogens with one attached hydrogen (secondary N) is 1. The molecule has 2 aromatic carbocycles. The number of methoxy groups -OCH3 is 1. The number of rotatable bonds is 7. The topological polar surface area (TPSA) is 81.4 Å². The summed E-state index contributed by atoms with van der Waals surface area (Å²) in [6.45, 7) is 4.17. The van der Waals surface area contributed by atoms with Gasteiger partial charge < -0.3 is 10.1 Å². The van der Waals surface area contributed by atoms with Gasteiger partial charge in [-0.05, 0) is 61.9 Å². The molecule has 0 saturated heterocycles. The molecule has 0 aliphatic heterocycles. The van der Waals surface area contributed by atoms with Crippen molar-refractivity contribution in [2.45, 2.75) is 36.6 Å². The molecule has 7 nitrogen and oxygen atoms in total. The monoisotopic (exact) mass is 433 g/mol. The predicted octanol–water partition coefficient (Wildman–Crippen LogP) is 4.80. The van der Waals surface area contributed by atoms with Crippen molar-refractivity contribution in [3.8, 4) is 5.75 Å². The molecule has 0 fully saturated rings. The van der Waals surface area contributed by atoms with E-state index in [4.69, 9.17) is 4.74 Å². The van der Waals surface area contributed by atoms with E-state index < -0.39 is 0 Å². The third kappa shape index (κ3) is 4.54. The molecule has 0 aliphatic carbocycles. The second-order valence-corrected chi connectivity index (χ2v) is 8.07. The lowest BCUT2D eigenvalue weighted by Crippen LogP contribution is -2.11. The summed E-state index contributed by atoms with van der Waals surface area (Å²) >= 11 is 1.62. The van der Waals surface area contributed by atoms with Crippen molar-refractivity contribution in [3.05, 3.63) is 71.7 Å². The first kappa shape index (κ1) is 20.9. The van der Waals surface area contributed by atoms with Gasteiger partial charge in [-0.3, -0.25) is 4.79 Å². The van der Waals surface area contributed by atoms with Crippen molar-refractivity contribution >= 4 is 29.1 Å². The lowest BCUT2D eigenvalue weighted by atomic mass is 10.1. The van der Waals surface area contributed by atoms with Crippen LogP contribution in [-0.2, 0) is 6.42 Å². The number of fused-ring (bicyclic) bond motifs is 1. The number of amides is 1. The summed E-state index contributed by atoms with van der Waals surface area (Å²) in [6.07, 6.45) is 3.47. The first-order valence-electron chi connectivity index (χ1n) is 10.0. The lowest BCUT2D eigenvalue weighted by Gasteiger charge is -2.13. The maximum Gasteiger partial charge on any atom is 0.255 e. The number of benzene rings is 2. The first-order valence-corrected chi connectivity index (χ1v) is 10.8. The minimum atomic E-state index is -0.164. The molecular weight excluding hydrogens is 410 g/mol. The largest absolute Gasteiger partial charge is 0.497 e. The van der Waals surface area contributed by atoms with Crippen molar-refractivity contribution < 1.29 is 9.53 Å². The molecule has 0 saturated carbocycles. The average Bonchev–Trinajstić information content (AvgIpc) is 3.25. The number of aryl methyl sites for hydroxylation is 1. The molecule has 0 radical (unpaired) electrons. The highest BCUT2D eigenvalue weighted by atomic mass is 32.2. The van der Waals surface area contributed by atoms with Crippen LogP contribution in [0, 0.1) is 6.92 Å². The van der Waals surface area contributed by atoms with E-state index >= 15 is 0 Å². The Bertz CT molecular complexity index is 1200. The second-order valence-electron chi connectivity index (χ2n) is 7.01. The van der Waals surface area contributed by atoms with E-state index in [2.05, 4.69) is 27.3 Å². The number of anilines is 1. The fourth-order valence-corrected chi connectivity index (χ4v) is 4.34. The second kappa shape index (κ2) is 9.18. The van der Waals surface area contributed by atoms with E-state index in [0.29, 0.717) is 17.1 Å². The van der Waals surface area contributed by atoms with Crippen LogP contribution in [0.2, 0.25) is 0 Å². The van der Waals surface area contributed by atoms with E-state index in [1.54, 1.807) is 47.7 Å². The van der Waals surface area contributed by atoms with Gasteiger partial charge in [0.2, 0.25) is 0 Å². The number of hydrogen-bond donors (Lipinski definition) is 1. The van der Waals surface area contributed by atoms with Gasteiger partial charge in [-0.1, -0.05) is 25.1 Å². The van der Waals surface area contributed by atoms with Gasteiger partial charge >= 0.3 is 0 Å². The number of aromatic nitrogens is 4. The summed E-state index contributed by atoms with van der Waals surface area (Å²) in [5.41, 5.74) is 3.47. The smallest absolute Gasteiger partial charge is 0.255 e. The number of carbonyl (C=O) groups is 1. The van der Waals surface area contributed by atoms with Crippen LogP contribution < -0.4 is 10.1 Å². The minimum absolute atomic E-state index is 0.164. The lowest BCUT2D eigenvalue weighted by molar-refractivity contribution is 0.102. The summed E-state index contributed by atoms with van der Waals surface area (Å²) in [5, 5.41) is 8.31. The van der Waals surface area contributed by atoms with E-state index in [-0.39, 0.29) is 5.91 Å². The zero-order valence-electron chi connectivity index (χ0n) is 17.6. The molecule has 158 valence electrons. The highest BCUT2D eigenvalue weighted by Gasteiger charge is 2.15. The van der Waals surface area contributed by atoms with E-state index in [0.717, 1.165) is 34.1 Å². The molecule has 2 heterocycles. The van der Waals surface area contributed by atoms with Crippen molar-refractivity contribution in [2.24, 2.45) is 0 Å². The first-order chi connectivity index (χ1) is 15.1. The SMILES string of the molecule is CCCc1c(C)nc2ncnn2c1Sc1ccc(NC(=O)c2ccc(OC)cc2)cc1. The summed E-state index contributed by atoms with van der Waals surface area (Å²) in [6, 6.07) is 14.8. The van der Waals surface area contributed by atoms with Crippen LogP contribution in [0.1, 0.15) is 35.0 Å². The number of hydrogen-bond acceptors (Lipinski definition) is 6. The molecule has 2 aromatic heterocycles. The molecule has 4 rings (SSSR count). The van der Waals surface area contributed by atoms with Crippen LogP contribution in [-0.4, -0.2) is 32.6 Å². The van der Waals surface area contributed by atoms with Crippen molar-refractivity contribution in [1.82, 2.24) is 19.6 Å². The molecule has 0 aliphatic rings. The molecule has 0 bridgehead atoms. The highest BCUT2D eigenvalue weighted by molar-refractivity contribution is 7.99. The fraction of sp³-hybridized carbons (Fsp3) is 0.217. The quantitative estimate of drug-likeness (QED) is 0.422. The molecular formula is C23H23N5O2S. The Morgan fingerprint density at radius 2 is 1.87 bits per heavy atom. The Kier molecular flexibility index (Phi) is 6.18. The van der Waals surface area contributed by atoms with Crippen LogP contribution >= 0.6 is 11.8 Å². The standard InChI is InChI=1S/C23H23N5O2S/c1-4-5-20-15(2)26-23-24-14-25-28(23)22(20)31-19-12-8-17(9-13-19)27-21(29)16-6-10-18(30-3)11-7-16/h6-14H,4-5H2,1-3H3,(H,27,29). The third-order valence-electron chi connectivity index (χ3n) is 4.86. The average molecular weight is 434 g/mol. The highest BCUT2D eigenvalue weighted by Crippen LogP contribution is 2.33. The molecule has 0 spiro atoms. The van der Waals surface area contributed by atoms with Gasteiger partial charge in [0.25, 0.3) is 11.7 Å². The molecule has 1 amide bonds. The predicted molar refractivity (Wildman–Crippen MR) is 121 cm³/mol. The minimum Gasteiger partial charge on any atom is -0.497 e.